The van der Waals surface area contributed by atoms with Crippen molar-refractivity contribution >= 4 is 10.8 Å². The predicted octanol–water partition coefficient (Wildman–Crippen LogP) is 4.96. The van der Waals surface area contributed by atoms with Crippen molar-refractivity contribution < 1.29 is 0 Å². The molecule has 1 heterocycles. The van der Waals surface area contributed by atoms with E-state index < -0.39 is 0 Å². The van der Waals surface area contributed by atoms with E-state index in [9.17, 15) is 0 Å². The smallest absolute Gasteiger partial charge is 0.0105 e. The van der Waals surface area contributed by atoms with Gasteiger partial charge in [0, 0.05) is 12.0 Å². The van der Waals surface area contributed by atoms with Crippen molar-refractivity contribution in [3.05, 3.63) is 48.0 Å². The second-order valence-corrected chi connectivity index (χ2v) is 8.05. The summed E-state index contributed by atoms with van der Waals surface area (Å²) in [6.07, 6.45) is 6.50. The lowest BCUT2D eigenvalue weighted by Crippen LogP contribution is -2.40. The quantitative estimate of drug-likeness (QED) is 0.689. The van der Waals surface area contributed by atoms with Crippen LogP contribution in [0, 0.1) is 5.92 Å². The average Bonchev–Trinajstić information content (AvgIpc) is 3.15. The number of hydrogen-bond donors (Lipinski definition) is 1. The molecule has 0 radical (unpaired) electrons. The topological polar surface area (TPSA) is 29.3 Å². The molecule has 0 bridgehead atoms. The summed E-state index contributed by atoms with van der Waals surface area (Å²) in [5, 5.41) is 2.71. The van der Waals surface area contributed by atoms with E-state index in [1.165, 1.54) is 68.1 Å². The van der Waals surface area contributed by atoms with Gasteiger partial charge in [0.25, 0.3) is 0 Å². The van der Waals surface area contributed by atoms with Gasteiger partial charge in [0.05, 0.1) is 0 Å². The Balaban J connectivity index is 1.79. The second kappa shape index (κ2) is 8.33. The zero-order chi connectivity index (χ0) is 17.7. The van der Waals surface area contributed by atoms with Gasteiger partial charge in [-0.05, 0) is 67.6 Å². The molecule has 2 aromatic carbocycles. The van der Waals surface area contributed by atoms with Crippen molar-refractivity contribution in [2.24, 2.45) is 11.7 Å². The van der Waals surface area contributed by atoms with Crippen molar-refractivity contribution in [2.45, 2.75) is 51.4 Å². The van der Waals surface area contributed by atoms with Crippen LogP contribution in [0.1, 0.15) is 51.5 Å². The second-order valence-electron chi connectivity index (χ2n) is 8.05. The van der Waals surface area contributed by atoms with Gasteiger partial charge in [0.15, 0.2) is 0 Å². The molecule has 0 amide bonds. The van der Waals surface area contributed by atoms with E-state index in [1.807, 2.05) is 0 Å². The van der Waals surface area contributed by atoms with Crippen LogP contribution in [0.4, 0.5) is 0 Å². The Morgan fingerprint density at radius 3 is 2.44 bits per heavy atom. The van der Waals surface area contributed by atoms with E-state index in [0.29, 0.717) is 5.92 Å². The molecule has 25 heavy (non-hydrogen) atoms. The van der Waals surface area contributed by atoms with Crippen molar-refractivity contribution in [1.82, 2.24) is 4.90 Å². The number of benzene rings is 2. The van der Waals surface area contributed by atoms with Crippen LogP contribution in [0.5, 0.6) is 0 Å². The molecule has 2 nitrogen and oxygen atoms in total. The Labute approximate surface area is 153 Å². The summed E-state index contributed by atoms with van der Waals surface area (Å²) in [6, 6.07) is 15.5. The van der Waals surface area contributed by atoms with Gasteiger partial charge in [0.2, 0.25) is 0 Å². The molecule has 0 spiro atoms. The zero-order valence-electron chi connectivity index (χ0n) is 16.0. The fourth-order valence-electron chi connectivity index (χ4n) is 4.62. The number of nitrogens with two attached hydrogens (primary N) is 1. The highest BCUT2D eigenvalue weighted by molar-refractivity contribution is 5.86. The summed E-state index contributed by atoms with van der Waals surface area (Å²) in [4.78, 5) is 2.62. The summed E-state index contributed by atoms with van der Waals surface area (Å²) >= 11 is 0. The predicted molar refractivity (Wildman–Crippen MR) is 109 cm³/mol. The third kappa shape index (κ3) is 3.91. The molecule has 0 saturated carbocycles. The Hall–Kier alpha value is -1.38. The Morgan fingerprint density at radius 1 is 1.00 bits per heavy atom. The standard InChI is InChI=1S/C23H34N2/c1-19(2)23(18-24,14-5-6-15-25-16-7-8-17-25)22-13-9-11-20-10-3-4-12-21(20)22/h3-4,9-13,19H,5-8,14-18,24H2,1-2H3. The summed E-state index contributed by atoms with van der Waals surface area (Å²) < 4.78 is 0. The minimum atomic E-state index is 0.0753. The molecule has 1 fully saturated rings. The highest BCUT2D eigenvalue weighted by Crippen LogP contribution is 2.40. The largest absolute Gasteiger partial charge is 0.330 e. The highest BCUT2D eigenvalue weighted by Gasteiger charge is 2.35. The number of hydrogen-bond acceptors (Lipinski definition) is 2. The fraction of sp³-hybridized carbons (Fsp3) is 0.565. The van der Waals surface area contributed by atoms with Crippen LogP contribution in [0.25, 0.3) is 10.8 Å². The van der Waals surface area contributed by atoms with E-state index in [2.05, 4.69) is 61.2 Å². The van der Waals surface area contributed by atoms with Crippen molar-refractivity contribution in [1.29, 1.82) is 0 Å². The third-order valence-electron chi connectivity index (χ3n) is 6.34. The normalized spacial score (nSPS) is 18.1. The SMILES string of the molecule is CC(C)C(CN)(CCCCN1CCCC1)c1cccc2ccccc12. The Morgan fingerprint density at radius 2 is 1.72 bits per heavy atom. The number of rotatable bonds is 8. The molecular formula is C23H34N2. The molecular weight excluding hydrogens is 304 g/mol. The van der Waals surface area contributed by atoms with E-state index >= 15 is 0 Å². The minimum Gasteiger partial charge on any atom is -0.330 e. The number of nitrogens with zero attached hydrogens (tertiary/aromatic N) is 1. The maximum Gasteiger partial charge on any atom is 0.0105 e. The van der Waals surface area contributed by atoms with E-state index in [1.54, 1.807) is 0 Å². The highest BCUT2D eigenvalue weighted by atomic mass is 15.1. The molecule has 1 aliphatic rings. The average molecular weight is 339 g/mol. The van der Waals surface area contributed by atoms with Crippen molar-refractivity contribution in [3.63, 3.8) is 0 Å². The van der Waals surface area contributed by atoms with Gasteiger partial charge in [0.1, 0.15) is 0 Å². The molecule has 2 heteroatoms. The summed E-state index contributed by atoms with van der Waals surface area (Å²) in [5.74, 6) is 0.537. The van der Waals surface area contributed by atoms with Crippen LogP contribution < -0.4 is 5.73 Å². The molecule has 1 unspecified atom stereocenters. The lowest BCUT2D eigenvalue weighted by atomic mass is 9.67. The molecule has 2 aromatic rings. The molecule has 0 aromatic heterocycles. The van der Waals surface area contributed by atoms with Crippen LogP contribution in [0.3, 0.4) is 0 Å². The maximum atomic E-state index is 6.43. The van der Waals surface area contributed by atoms with Crippen molar-refractivity contribution in [3.8, 4) is 0 Å². The van der Waals surface area contributed by atoms with Crippen LogP contribution in [0.15, 0.2) is 42.5 Å². The number of fused-ring (bicyclic) bond motifs is 1. The van der Waals surface area contributed by atoms with Gasteiger partial charge < -0.3 is 10.6 Å². The lowest BCUT2D eigenvalue weighted by Gasteiger charge is -2.38. The first-order chi connectivity index (χ1) is 12.2. The molecule has 1 aliphatic heterocycles. The van der Waals surface area contributed by atoms with Crippen molar-refractivity contribution in [2.75, 3.05) is 26.2 Å². The van der Waals surface area contributed by atoms with Crippen LogP contribution >= 0.6 is 0 Å². The molecule has 1 saturated heterocycles. The monoisotopic (exact) mass is 338 g/mol. The van der Waals surface area contributed by atoms with E-state index in [0.717, 1.165) is 6.54 Å². The Kier molecular flexibility index (Phi) is 6.14. The van der Waals surface area contributed by atoms with Crippen LogP contribution in [0.2, 0.25) is 0 Å². The van der Waals surface area contributed by atoms with Gasteiger partial charge >= 0.3 is 0 Å². The summed E-state index contributed by atoms with van der Waals surface area (Å²) in [6.45, 7) is 9.27. The summed E-state index contributed by atoms with van der Waals surface area (Å²) in [7, 11) is 0. The molecule has 1 atom stereocenters. The zero-order valence-corrected chi connectivity index (χ0v) is 16.0. The van der Waals surface area contributed by atoms with Gasteiger partial charge in [-0.3, -0.25) is 0 Å². The maximum absolute atomic E-state index is 6.43. The first-order valence-electron chi connectivity index (χ1n) is 10.1. The van der Waals surface area contributed by atoms with Gasteiger partial charge in [-0.25, -0.2) is 0 Å². The lowest BCUT2D eigenvalue weighted by molar-refractivity contribution is 0.270. The van der Waals surface area contributed by atoms with Gasteiger partial charge in [-0.2, -0.15) is 0 Å². The number of likely N-dealkylation sites (tertiary alicyclic amines) is 1. The molecule has 136 valence electrons. The molecule has 0 aliphatic carbocycles. The molecule has 2 N–H and O–H groups in total. The van der Waals surface area contributed by atoms with E-state index in [-0.39, 0.29) is 5.41 Å². The Bertz CT molecular complexity index is 667. The first-order valence-corrected chi connectivity index (χ1v) is 10.1. The number of unbranched alkanes of at least 4 members (excludes halogenated alkanes) is 1. The molecule has 3 rings (SSSR count). The minimum absolute atomic E-state index is 0.0753. The van der Waals surface area contributed by atoms with Crippen LogP contribution in [-0.4, -0.2) is 31.1 Å². The van der Waals surface area contributed by atoms with Gasteiger partial charge in [-0.15, -0.1) is 0 Å². The van der Waals surface area contributed by atoms with Crippen LogP contribution in [-0.2, 0) is 5.41 Å². The van der Waals surface area contributed by atoms with E-state index in [4.69, 9.17) is 5.73 Å². The third-order valence-corrected chi connectivity index (χ3v) is 6.34. The van der Waals surface area contributed by atoms with Gasteiger partial charge in [-0.1, -0.05) is 62.7 Å². The summed E-state index contributed by atoms with van der Waals surface area (Å²) in [5.41, 5.74) is 7.95. The first kappa shape index (κ1) is 18.4. The fourth-order valence-corrected chi connectivity index (χ4v) is 4.62.